The molecule has 0 aliphatic rings. The summed E-state index contributed by atoms with van der Waals surface area (Å²) in [7, 11) is 0. The van der Waals surface area contributed by atoms with E-state index in [-0.39, 0.29) is 31.1 Å². The zero-order valence-corrected chi connectivity index (χ0v) is 33.1. The predicted molar refractivity (Wildman–Crippen MR) is 206 cm³/mol. The van der Waals surface area contributed by atoms with Crippen molar-refractivity contribution in [2.24, 2.45) is 5.92 Å². The van der Waals surface area contributed by atoms with Gasteiger partial charge in [0.25, 0.3) is 0 Å². The molecule has 49 heavy (non-hydrogen) atoms. The smallest absolute Gasteiger partial charge is 0.306 e. The molecule has 0 fully saturated rings. The fourth-order valence-electron chi connectivity index (χ4n) is 6.27. The molecule has 0 aromatic carbocycles. The van der Waals surface area contributed by atoms with Gasteiger partial charge in [-0.2, -0.15) is 0 Å². The first-order chi connectivity index (χ1) is 23.9. The number of hydrogen-bond acceptors (Lipinski definition) is 6. The number of rotatable bonds is 38. The monoisotopic (exact) mass is 695 g/mol. The quantitative estimate of drug-likeness (QED) is 0.0364. The highest BCUT2D eigenvalue weighted by atomic mass is 16.6. The summed E-state index contributed by atoms with van der Waals surface area (Å²) in [5.41, 5.74) is 0. The molecule has 0 N–H and O–H groups in total. The van der Waals surface area contributed by atoms with Gasteiger partial charge in [-0.15, -0.1) is 0 Å². The molecule has 0 amide bonds. The van der Waals surface area contributed by atoms with E-state index in [0.29, 0.717) is 19.3 Å². The van der Waals surface area contributed by atoms with Crippen molar-refractivity contribution < 1.29 is 28.6 Å². The van der Waals surface area contributed by atoms with Crippen LogP contribution in [0.15, 0.2) is 0 Å². The van der Waals surface area contributed by atoms with Crippen LogP contribution in [-0.4, -0.2) is 37.2 Å². The summed E-state index contributed by atoms with van der Waals surface area (Å²) in [6.45, 7) is 8.91. The first kappa shape index (κ1) is 47.4. The summed E-state index contributed by atoms with van der Waals surface area (Å²) >= 11 is 0. The van der Waals surface area contributed by atoms with Gasteiger partial charge in [-0.05, 0) is 25.2 Å². The van der Waals surface area contributed by atoms with Crippen molar-refractivity contribution >= 4 is 17.9 Å². The van der Waals surface area contributed by atoms with Crippen LogP contribution in [0, 0.1) is 5.92 Å². The Balaban J connectivity index is 4.33. The van der Waals surface area contributed by atoms with E-state index in [0.717, 1.165) is 63.7 Å². The summed E-state index contributed by atoms with van der Waals surface area (Å²) in [6.07, 6.45) is 35.2. The second-order valence-corrected chi connectivity index (χ2v) is 15.1. The van der Waals surface area contributed by atoms with Gasteiger partial charge in [-0.1, -0.05) is 195 Å². The Morgan fingerprint density at radius 2 is 0.673 bits per heavy atom. The van der Waals surface area contributed by atoms with Crippen LogP contribution in [0.25, 0.3) is 0 Å². The highest BCUT2D eigenvalue weighted by molar-refractivity contribution is 5.71. The molecule has 0 unspecified atom stereocenters. The van der Waals surface area contributed by atoms with Crippen molar-refractivity contribution in [1.29, 1.82) is 0 Å². The van der Waals surface area contributed by atoms with Gasteiger partial charge in [0.05, 0.1) is 0 Å². The summed E-state index contributed by atoms with van der Waals surface area (Å²) in [5.74, 6) is -0.0857. The maximum atomic E-state index is 12.6. The summed E-state index contributed by atoms with van der Waals surface area (Å²) in [6, 6.07) is 0. The molecule has 0 bridgehead atoms. The molecule has 0 saturated heterocycles. The maximum absolute atomic E-state index is 12.6. The molecule has 290 valence electrons. The summed E-state index contributed by atoms with van der Waals surface area (Å²) in [4.78, 5) is 37.5. The van der Waals surface area contributed by atoms with Crippen LogP contribution in [0.1, 0.15) is 233 Å². The van der Waals surface area contributed by atoms with Crippen molar-refractivity contribution in [3.8, 4) is 0 Å². The Morgan fingerprint density at radius 3 is 1.00 bits per heavy atom. The lowest BCUT2D eigenvalue weighted by Crippen LogP contribution is -2.30. The predicted octanol–water partition coefficient (Wildman–Crippen LogP) is 13.2. The zero-order valence-electron chi connectivity index (χ0n) is 33.1. The van der Waals surface area contributed by atoms with Gasteiger partial charge in [0.15, 0.2) is 6.10 Å². The van der Waals surface area contributed by atoms with E-state index in [4.69, 9.17) is 14.2 Å². The van der Waals surface area contributed by atoms with Crippen LogP contribution in [0.2, 0.25) is 0 Å². The highest BCUT2D eigenvalue weighted by Crippen LogP contribution is 2.15. The van der Waals surface area contributed by atoms with Crippen molar-refractivity contribution in [2.45, 2.75) is 239 Å². The minimum absolute atomic E-state index is 0.0650. The molecule has 0 rings (SSSR count). The van der Waals surface area contributed by atoms with E-state index in [1.54, 1.807) is 0 Å². The number of unbranched alkanes of at least 4 members (excludes halogenated alkanes) is 25. The first-order valence-electron chi connectivity index (χ1n) is 21.4. The van der Waals surface area contributed by atoms with Crippen molar-refractivity contribution in [2.75, 3.05) is 13.2 Å². The molecule has 1 atom stereocenters. The number of ether oxygens (including phenoxy) is 3. The third kappa shape index (κ3) is 37.5. The maximum Gasteiger partial charge on any atom is 0.306 e. The van der Waals surface area contributed by atoms with Gasteiger partial charge in [-0.3, -0.25) is 14.4 Å². The third-order valence-corrected chi connectivity index (χ3v) is 9.54. The minimum atomic E-state index is -0.758. The standard InChI is InChI=1S/C43H82O6/c1-5-7-9-11-13-15-16-17-19-23-27-31-35-42(45)48-38-40(37-47-41(44)34-30-26-22-18-14-12-10-8-6-2)49-43(46)36-32-28-24-20-21-25-29-33-39(3)4/h39-40H,5-38H2,1-4H3/t40-/m0/s1. The van der Waals surface area contributed by atoms with Gasteiger partial charge in [0.2, 0.25) is 0 Å². The zero-order chi connectivity index (χ0) is 36.0. The van der Waals surface area contributed by atoms with Crippen molar-refractivity contribution in [3.63, 3.8) is 0 Å². The van der Waals surface area contributed by atoms with E-state index in [2.05, 4.69) is 27.7 Å². The lowest BCUT2D eigenvalue weighted by Gasteiger charge is -2.18. The van der Waals surface area contributed by atoms with Gasteiger partial charge >= 0.3 is 17.9 Å². The summed E-state index contributed by atoms with van der Waals surface area (Å²) < 4.78 is 16.6. The Bertz CT molecular complexity index is 736. The molecule has 0 radical (unpaired) electrons. The molecule has 6 nitrogen and oxygen atoms in total. The van der Waals surface area contributed by atoms with Crippen LogP contribution in [0.5, 0.6) is 0 Å². The number of hydrogen-bond donors (Lipinski definition) is 0. The van der Waals surface area contributed by atoms with Crippen molar-refractivity contribution in [1.82, 2.24) is 0 Å². The fraction of sp³-hybridized carbons (Fsp3) is 0.930. The lowest BCUT2D eigenvalue weighted by atomic mass is 10.0. The molecule has 0 spiro atoms. The van der Waals surface area contributed by atoms with E-state index < -0.39 is 6.10 Å². The van der Waals surface area contributed by atoms with Gasteiger partial charge in [0.1, 0.15) is 13.2 Å². The topological polar surface area (TPSA) is 78.9 Å². The van der Waals surface area contributed by atoms with Gasteiger partial charge in [-0.25, -0.2) is 0 Å². The summed E-state index contributed by atoms with van der Waals surface area (Å²) in [5, 5.41) is 0. The first-order valence-corrected chi connectivity index (χ1v) is 21.4. The Kier molecular flexibility index (Phi) is 36.4. The average Bonchev–Trinajstić information content (AvgIpc) is 3.08. The number of carbonyl (C=O) groups excluding carboxylic acids is 3. The molecular weight excluding hydrogens is 612 g/mol. The number of carbonyl (C=O) groups is 3. The molecule has 0 heterocycles. The van der Waals surface area contributed by atoms with Crippen LogP contribution < -0.4 is 0 Å². The number of esters is 3. The third-order valence-electron chi connectivity index (χ3n) is 9.54. The van der Waals surface area contributed by atoms with E-state index in [1.165, 1.54) is 128 Å². The molecule has 0 aliphatic carbocycles. The molecule has 0 saturated carbocycles. The van der Waals surface area contributed by atoms with Crippen LogP contribution in [0.3, 0.4) is 0 Å². The second kappa shape index (κ2) is 37.7. The molecule has 6 heteroatoms. The van der Waals surface area contributed by atoms with Crippen LogP contribution in [-0.2, 0) is 28.6 Å². The van der Waals surface area contributed by atoms with E-state index >= 15 is 0 Å². The molecule has 0 aromatic rings. The molecular formula is C43H82O6. The van der Waals surface area contributed by atoms with Crippen molar-refractivity contribution in [3.05, 3.63) is 0 Å². The lowest BCUT2D eigenvalue weighted by molar-refractivity contribution is -0.167. The molecule has 0 aromatic heterocycles. The fourth-order valence-corrected chi connectivity index (χ4v) is 6.27. The Labute approximate surface area is 304 Å². The molecule has 0 aliphatic heterocycles. The van der Waals surface area contributed by atoms with Gasteiger partial charge < -0.3 is 14.2 Å². The minimum Gasteiger partial charge on any atom is -0.462 e. The average molecular weight is 695 g/mol. The Morgan fingerprint density at radius 1 is 0.388 bits per heavy atom. The Hall–Kier alpha value is -1.59. The normalized spacial score (nSPS) is 11.9. The highest BCUT2D eigenvalue weighted by Gasteiger charge is 2.19. The SMILES string of the molecule is CCCCCCCCCCCCCCC(=O)OC[C@H](COC(=O)CCCCCCCCCCC)OC(=O)CCCCCCCCCC(C)C. The van der Waals surface area contributed by atoms with Crippen LogP contribution >= 0.6 is 0 Å². The van der Waals surface area contributed by atoms with Crippen LogP contribution in [0.4, 0.5) is 0 Å². The largest absolute Gasteiger partial charge is 0.462 e. The van der Waals surface area contributed by atoms with E-state index in [9.17, 15) is 14.4 Å². The second-order valence-electron chi connectivity index (χ2n) is 15.1. The van der Waals surface area contributed by atoms with Gasteiger partial charge in [0, 0.05) is 19.3 Å². The van der Waals surface area contributed by atoms with E-state index in [1.807, 2.05) is 0 Å².